The summed E-state index contributed by atoms with van der Waals surface area (Å²) in [6, 6.07) is 11.2. The topological polar surface area (TPSA) is 74.7 Å². The highest BCUT2D eigenvalue weighted by Gasteiger charge is 2.10. The van der Waals surface area contributed by atoms with Gasteiger partial charge < -0.3 is 24.3 Å². The van der Waals surface area contributed by atoms with E-state index in [1.54, 1.807) is 7.11 Å². The maximum atomic E-state index is 5.87. The van der Waals surface area contributed by atoms with Crippen LogP contribution in [0.2, 0.25) is 0 Å². The molecule has 1 N–H and O–H groups in total. The summed E-state index contributed by atoms with van der Waals surface area (Å²) in [5.74, 6) is 4.68. The number of rotatable bonds is 11. The van der Waals surface area contributed by atoms with E-state index < -0.39 is 0 Å². The molecule has 0 bridgehead atoms. The number of halogens is 1. The molecule has 0 saturated carbocycles. The van der Waals surface area contributed by atoms with Crippen LogP contribution in [0.25, 0.3) is 10.9 Å². The van der Waals surface area contributed by atoms with Crippen molar-refractivity contribution in [3.05, 3.63) is 48.3 Å². The molecule has 0 aliphatic rings. The zero-order valence-electron chi connectivity index (χ0n) is 17.6. The van der Waals surface area contributed by atoms with E-state index in [1.165, 1.54) is 6.33 Å². The van der Waals surface area contributed by atoms with Crippen molar-refractivity contribution < 1.29 is 18.9 Å². The summed E-state index contributed by atoms with van der Waals surface area (Å²) >= 11 is 0. The number of anilines is 2. The Morgan fingerprint density at radius 2 is 1.84 bits per heavy atom. The van der Waals surface area contributed by atoms with E-state index in [4.69, 9.17) is 25.4 Å². The fourth-order valence-electron chi connectivity index (χ4n) is 2.79. The number of nitrogens with zero attached hydrogens (tertiary/aromatic N) is 2. The molecule has 0 atom stereocenters. The SMILES string of the molecule is C#Cc1ccc(OCCOCC)c(Nc2ncnc3cc(OCCOC)ccc23)c1.Cl. The molecule has 0 fully saturated rings. The van der Waals surface area contributed by atoms with E-state index in [9.17, 15) is 0 Å². The summed E-state index contributed by atoms with van der Waals surface area (Å²) in [6.45, 7) is 4.53. The monoisotopic (exact) mass is 443 g/mol. The average molecular weight is 444 g/mol. The van der Waals surface area contributed by atoms with Gasteiger partial charge in [-0.2, -0.15) is 0 Å². The van der Waals surface area contributed by atoms with Crippen LogP contribution >= 0.6 is 12.4 Å². The van der Waals surface area contributed by atoms with E-state index in [2.05, 4.69) is 21.2 Å². The first-order valence-electron chi connectivity index (χ1n) is 9.70. The number of benzene rings is 2. The number of fused-ring (bicyclic) bond motifs is 1. The predicted octanol–water partition coefficient (Wildman–Crippen LogP) is 4.22. The quantitative estimate of drug-likeness (QED) is 0.351. The first-order valence-corrected chi connectivity index (χ1v) is 9.70. The highest BCUT2D eigenvalue weighted by atomic mass is 35.5. The first-order chi connectivity index (χ1) is 14.7. The lowest BCUT2D eigenvalue weighted by atomic mass is 10.1. The summed E-state index contributed by atoms with van der Waals surface area (Å²) in [4.78, 5) is 8.75. The minimum absolute atomic E-state index is 0. The van der Waals surface area contributed by atoms with Gasteiger partial charge in [0.15, 0.2) is 0 Å². The second-order valence-corrected chi connectivity index (χ2v) is 6.27. The number of hydrogen-bond acceptors (Lipinski definition) is 7. The number of hydrogen-bond donors (Lipinski definition) is 1. The molecule has 0 unspecified atom stereocenters. The average Bonchev–Trinajstić information content (AvgIpc) is 2.77. The molecular formula is C23H26ClN3O4. The Morgan fingerprint density at radius 3 is 2.61 bits per heavy atom. The predicted molar refractivity (Wildman–Crippen MR) is 124 cm³/mol. The molecule has 7 nitrogen and oxygen atoms in total. The summed E-state index contributed by atoms with van der Waals surface area (Å²) in [6.07, 6.45) is 7.08. The van der Waals surface area contributed by atoms with Crippen molar-refractivity contribution >= 4 is 34.8 Å². The molecule has 0 amide bonds. The van der Waals surface area contributed by atoms with E-state index in [0.29, 0.717) is 44.6 Å². The van der Waals surface area contributed by atoms with E-state index in [0.717, 1.165) is 27.9 Å². The molecule has 8 heteroatoms. The van der Waals surface area contributed by atoms with Gasteiger partial charge in [-0.15, -0.1) is 18.8 Å². The number of aromatic nitrogens is 2. The van der Waals surface area contributed by atoms with Gasteiger partial charge in [-0.05, 0) is 37.3 Å². The number of nitrogens with one attached hydrogen (secondary N) is 1. The van der Waals surface area contributed by atoms with E-state index in [1.807, 2.05) is 43.3 Å². The lowest BCUT2D eigenvalue weighted by Crippen LogP contribution is -2.08. The molecule has 3 rings (SSSR count). The summed E-state index contributed by atoms with van der Waals surface area (Å²) in [5.41, 5.74) is 2.22. The second kappa shape index (κ2) is 12.6. The third-order valence-electron chi connectivity index (χ3n) is 4.25. The van der Waals surface area contributed by atoms with E-state index in [-0.39, 0.29) is 12.4 Å². The molecular weight excluding hydrogens is 418 g/mol. The van der Waals surface area contributed by atoms with Crippen LogP contribution in [-0.4, -0.2) is 50.1 Å². The molecule has 0 radical (unpaired) electrons. The third kappa shape index (κ3) is 6.72. The van der Waals surface area contributed by atoms with Gasteiger partial charge in [0, 0.05) is 30.7 Å². The zero-order valence-corrected chi connectivity index (χ0v) is 18.4. The maximum absolute atomic E-state index is 5.87. The van der Waals surface area contributed by atoms with Gasteiger partial charge in [0.05, 0.1) is 24.4 Å². The van der Waals surface area contributed by atoms with Crippen molar-refractivity contribution in [1.82, 2.24) is 9.97 Å². The Hall–Kier alpha value is -3.05. The summed E-state index contributed by atoms with van der Waals surface area (Å²) < 4.78 is 21.9. The van der Waals surface area contributed by atoms with Gasteiger partial charge in [-0.25, -0.2) is 9.97 Å². The zero-order chi connectivity index (χ0) is 21.2. The number of terminal acetylenes is 1. The van der Waals surface area contributed by atoms with Crippen molar-refractivity contribution in [2.45, 2.75) is 6.92 Å². The van der Waals surface area contributed by atoms with Crippen molar-refractivity contribution in [2.24, 2.45) is 0 Å². The van der Waals surface area contributed by atoms with Gasteiger partial charge in [0.25, 0.3) is 0 Å². The highest BCUT2D eigenvalue weighted by molar-refractivity contribution is 5.92. The number of ether oxygens (including phenoxy) is 4. The second-order valence-electron chi connectivity index (χ2n) is 6.27. The normalized spacial score (nSPS) is 10.2. The van der Waals surface area contributed by atoms with Crippen molar-refractivity contribution in [2.75, 3.05) is 45.5 Å². The van der Waals surface area contributed by atoms with E-state index >= 15 is 0 Å². The Morgan fingerprint density at radius 1 is 1.00 bits per heavy atom. The molecule has 0 spiro atoms. The van der Waals surface area contributed by atoms with Gasteiger partial charge in [0.1, 0.15) is 36.9 Å². The number of methoxy groups -OCH3 is 1. The van der Waals surface area contributed by atoms with Gasteiger partial charge in [-0.1, -0.05) is 5.92 Å². The van der Waals surface area contributed by atoms with Crippen LogP contribution in [0.3, 0.4) is 0 Å². The molecule has 0 aliphatic heterocycles. The Balaban J connectivity index is 0.00000341. The molecule has 0 aliphatic carbocycles. The molecule has 3 aromatic rings. The van der Waals surface area contributed by atoms with Crippen LogP contribution in [0, 0.1) is 12.3 Å². The lowest BCUT2D eigenvalue weighted by molar-refractivity contribution is 0.110. The highest BCUT2D eigenvalue weighted by Crippen LogP contribution is 2.31. The van der Waals surface area contributed by atoms with Crippen molar-refractivity contribution in [3.63, 3.8) is 0 Å². The van der Waals surface area contributed by atoms with Crippen LogP contribution < -0.4 is 14.8 Å². The molecule has 164 valence electrons. The Bertz CT molecular complexity index is 1020. The minimum atomic E-state index is 0. The van der Waals surface area contributed by atoms with Crippen molar-refractivity contribution in [3.8, 4) is 23.8 Å². The molecule has 0 saturated heterocycles. The van der Waals surface area contributed by atoms with Crippen LogP contribution in [0.1, 0.15) is 12.5 Å². The fraction of sp³-hybridized carbons (Fsp3) is 0.304. The van der Waals surface area contributed by atoms with Gasteiger partial charge in [-0.3, -0.25) is 0 Å². The molecule has 2 aromatic carbocycles. The van der Waals surface area contributed by atoms with Crippen molar-refractivity contribution in [1.29, 1.82) is 0 Å². The van der Waals surface area contributed by atoms with Gasteiger partial charge in [0.2, 0.25) is 0 Å². The molecule has 31 heavy (non-hydrogen) atoms. The summed E-state index contributed by atoms with van der Waals surface area (Å²) in [7, 11) is 1.64. The lowest BCUT2D eigenvalue weighted by Gasteiger charge is -2.15. The largest absolute Gasteiger partial charge is 0.491 e. The minimum Gasteiger partial charge on any atom is -0.491 e. The van der Waals surface area contributed by atoms with Crippen LogP contribution in [0.15, 0.2) is 42.7 Å². The first kappa shape index (κ1) is 24.2. The van der Waals surface area contributed by atoms with Crippen LogP contribution in [0.4, 0.5) is 11.5 Å². The summed E-state index contributed by atoms with van der Waals surface area (Å²) in [5, 5.41) is 4.18. The maximum Gasteiger partial charge on any atom is 0.142 e. The standard InChI is InChI=1S/C23H25N3O4.ClH/c1-4-17-6-9-22(30-13-11-28-5-2)21(14-17)26-23-19-8-7-18(29-12-10-27-3)15-20(19)24-16-25-23;/h1,6-9,14-16H,5,10-13H2,2-3H3,(H,24,25,26);1H. The Kier molecular flexibility index (Phi) is 9.85. The third-order valence-corrected chi connectivity index (χ3v) is 4.25. The Labute approximate surface area is 188 Å². The van der Waals surface area contributed by atoms with Gasteiger partial charge >= 0.3 is 0 Å². The van der Waals surface area contributed by atoms with Crippen LogP contribution in [-0.2, 0) is 9.47 Å². The fourth-order valence-corrected chi connectivity index (χ4v) is 2.79. The smallest absolute Gasteiger partial charge is 0.142 e. The van der Waals surface area contributed by atoms with Crippen LogP contribution in [0.5, 0.6) is 11.5 Å². The molecule has 1 aromatic heterocycles. The molecule has 1 heterocycles.